The number of hydrogen-bond donors (Lipinski definition) is 0. The molecular weight excluding hydrogens is 362 g/mol. The first-order valence-electron chi connectivity index (χ1n) is 11.0. The molecule has 4 rings (SSSR count). The summed E-state index contributed by atoms with van der Waals surface area (Å²) >= 11 is 0. The highest BCUT2D eigenvalue weighted by atomic mass is 16.5. The fourth-order valence-electron chi connectivity index (χ4n) is 4.78. The number of methoxy groups -OCH3 is 1. The number of likely N-dealkylation sites (tertiary alicyclic amines) is 1. The number of ether oxygens (including phenoxy) is 2. The van der Waals surface area contributed by atoms with Crippen LogP contribution in [-0.2, 0) is 16.1 Å². The minimum absolute atomic E-state index is 0.0377. The van der Waals surface area contributed by atoms with E-state index in [0.29, 0.717) is 6.10 Å². The Morgan fingerprint density at radius 2 is 1.72 bits per heavy atom. The largest absolute Gasteiger partial charge is 0.490 e. The smallest absolute Gasteiger partial charge is 0.311 e. The van der Waals surface area contributed by atoms with Crippen LogP contribution in [0.15, 0.2) is 36.4 Å². The van der Waals surface area contributed by atoms with Crippen LogP contribution in [0, 0.1) is 17.8 Å². The fourth-order valence-corrected chi connectivity index (χ4v) is 4.78. The van der Waals surface area contributed by atoms with Crippen LogP contribution in [-0.4, -0.2) is 37.2 Å². The van der Waals surface area contributed by atoms with Crippen molar-refractivity contribution in [2.45, 2.75) is 52.2 Å². The third-order valence-electron chi connectivity index (χ3n) is 6.74. The lowest BCUT2D eigenvalue weighted by atomic mass is 9.80. The molecule has 29 heavy (non-hydrogen) atoms. The van der Waals surface area contributed by atoms with Gasteiger partial charge < -0.3 is 9.47 Å². The zero-order chi connectivity index (χ0) is 20.4. The molecule has 2 aliphatic rings. The van der Waals surface area contributed by atoms with Gasteiger partial charge in [-0.2, -0.15) is 0 Å². The van der Waals surface area contributed by atoms with E-state index in [1.165, 1.54) is 49.1 Å². The van der Waals surface area contributed by atoms with Crippen LogP contribution < -0.4 is 4.74 Å². The van der Waals surface area contributed by atoms with Gasteiger partial charge in [0.1, 0.15) is 5.75 Å². The molecule has 156 valence electrons. The standard InChI is InChI=1S/C25H33NO3/c1-17(2)19-6-9-23(10-7-19)29-24-11-8-20-12-18(4-5-21(20)13-24)14-26-15-22(16-26)25(27)28-3/h4-5,8,11-13,17,19,22-23H,6-7,9-10,14-16H2,1-3H3. The van der Waals surface area contributed by atoms with Crippen molar-refractivity contribution in [3.8, 4) is 5.75 Å². The van der Waals surface area contributed by atoms with Crippen molar-refractivity contribution in [3.63, 3.8) is 0 Å². The molecule has 0 spiro atoms. The van der Waals surface area contributed by atoms with Crippen molar-refractivity contribution >= 4 is 16.7 Å². The van der Waals surface area contributed by atoms with Gasteiger partial charge in [-0.25, -0.2) is 0 Å². The molecule has 1 aliphatic carbocycles. The molecular formula is C25H33NO3. The summed E-state index contributed by atoms with van der Waals surface area (Å²) in [6, 6.07) is 13.1. The van der Waals surface area contributed by atoms with Gasteiger partial charge in [-0.1, -0.05) is 32.0 Å². The van der Waals surface area contributed by atoms with Crippen LogP contribution >= 0.6 is 0 Å². The molecule has 2 fully saturated rings. The summed E-state index contributed by atoms with van der Waals surface area (Å²) < 4.78 is 11.1. The molecule has 0 unspecified atom stereocenters. The Kier molecular flexibility index (Phi) is 6.09. The average Bonchev–Trinajstić information content (AvgIpc) is 2.70. The monoisotopic (exact) mass is 395 g/mol. The highest BCUT2D eigenvalue weighted by molar-refractivity contribution is 5.84. The molecule has 1 aliphatic heterocycles. The van der Waals surface area contributed by atoms with Gasteiger partial charge in [-0.15, -0.1) is 0 Å². The van der Waals surface area contributed by atoms with Gasteiger partial charge in [0.15, 0.2) is 0 Å². The Bertz CT molecular complexity index is 848. The number of fused-ring (bicyclic) bond motifs is 1. The van der Waals surface area contributed by atoms with Crippen LogP contribution in [0.2, 0.25) is 0 Å². The molecule has 0 N–H and O–H groups in total. The lowest BCUT2D eigenvalue weighted by Crippen LogP contribution is -2.49. The minimum atomic E-state index is -0.0926. The van der Waals surface area contributed by atoms with Gasteiger partial charge in [-0.3, -0.25) is 9.69 Å². The number of nitrogens with zero attached hydrogens (tertiary/aromatic N) is 1. The van der Waals surface area contributed by atoms with Crippen molar-refractivity contribution in [2.75, 3.05) is 20.2 Å². The van der Waals surface area contributed by atoms with Crippen molar-refractivity contribution in [2.24, 2.45) is 17.8 Å². The van der Waals surface area contributed by atoms with Gasteiger partial charge in [0.25, 0.3) is 0 Å². The predicted octanol–water partition coefficient (Wildman–Crippen LogP) is 5.04. The Balaban J connectivity index is 1.33. The molecule has 0 atom stereocenters. The SMILES string of the molecule is COC(=O)C1CN(Cc2ccc3cc(OC4CCC(C(C)C)CC4)ccc3c2)C1. The molecule has 0 bridgehead atoms. The summed E-state index contributed by atoms with van der Waals surface area (Å²) in [5.74, 6) is 2.58. The summed E-state index contributed by atoms with van der Waals surface area (Å²) in [5.41, 5.74) is 1.28. The van der Waals surface area contributed by atoms with Crippen LogP contribution in [0.25, 0.3) is 10.8 Å². The van der Waals surface area contributed by atoms with Crippen molar-refractivity contribution in [1.29, 1.82) is 0 Å². The topological polar surface area (TPSA) is 38.8 Å². The van der Waals surface area contributed by atoms with E-state index in [4.69, 9.17) is 9.47 Å². The molecule has 0 aromatic heterocycles. The van der Waals surface area contributed by atoms with E-state index in [9.17, 15) is 4.79 Å². The second-order valence-corrected chi connectivity index (χ2v) is 9.16. The van der Waals surface area contributed by atoms with E-state index in [1.54, 1.807) is 0 Å². The highest BCUT2D eigenvalue weighted by Gasteiger charge is 2.33. The molecule has 4 nitrogen and oxygen atoms in total. The minimum Gasteiger partial charge on any atom is -0.490 e. The first-order valence-corrected chi connectivity index (χ1v) is 11.0. The first kappa shape index (κ1) is 20.2. The lowest BCUT2D eigenvalue weighted by molar-refractivity contribution is -0.151. The third-order valence-corrected chi connectivity index (χ3v) is 6.74. The number of rotatable bonds is 6. The Hall–Kier alpha value is -2.07. The zero-order valence-electron chi connectivity index (χ0n) is 17.9. The molecule has 2 aromatic rings. The molecule has 0 amide bonds. The highest BCUT2D eigenvalue weighted by Crippen LogP contribution is 2.33. The number of carbonyl (C=O) groups excluding carboxylic acids is 1. The van der Waals surface area contributed by atoms with Crippen LogP contribution in [0.3, 0.4) is 0 Å². The molecule has 1 saturated carbocycles. The van der Waals surface area contributed by atoms with Crippen LogP contribution in [0.5, 0.6) is 5.75 Å². The lowest BCUT2D eigenvalue weighted by Gasteiger charge is -2.37. The van der Waals surface area contributed by atoms with Crippen molar-refractivity contribution in [3.05, 3.63) is 42.0 Å². The predicted molar refractivity (Wildman–Crippen MR) is 116 cm³/mol. The van der Waals surface area contributed by atoms with Crippen molar-refractivity contribution in [1.82, 2.24) is 4.90 Å². The van der Waals surface area contributed by atoms with Gasteiger partial charge in [0, 0.05) is 19.6 Å². The van der Waals surface area contributed by atoms with E-state index in [-0.39, 0.29) is 11.9 Å². The Morgan fingerprint density at radius 3 is 2.41 bits per heavy atom. The summed E-state index contributed by atoms with van der Waals surface area (Å²) in [6.45, 7) is 7.12. The molecule has 4 heteroatoms. The summed E-state index contributed by atoms with van der Waals surface area (Å²) in [4.78, 5) is 13.8. The second-order valence-electron chi connectivity index (χ2n) is 9.16. The van der Waals surface area contributed by atoms with Gasteiger partial charge in [0.05, 0.1) is 19.1 Å². The van der Waals surface area contributed by atoms with Crippen molar-refractivity contribution < 1.29 is 14.3 Å². The fraction of sp³-hybridized carbons (Fsp3) is 0.560. The zero-order valence-corrected chi connectivity index (χ0v) is 17.9. The van der Waals surface area contributed by atoms with Crippen LogP contribution in [0.4, 0.5) is 0 Å². The Labute approximate surface area is 174 Å². The summed E-state index contributed by atoms with van der Waals surface area (Å²) in [5, 5.41) is 2.46. The van der Waals surface area contributed by atoms with Gasteiger partial charge >= 0.3 is 5.97 Å². The molecule has 0 radical (unpaired) electrons. The maximum Gasteiger partial charge on any atom is 0.311 e. The number of hydrogen-bond acceptors (Lipinski definition) is 4. The number of esters is 1. The number of benzene rings is 2. The van der Waals surface area contributed by atoms with E-state index in [2.05, 4.69) is 55.1 Å². The van der Waals surface area contributed by atoms with Gasteiger partial charge in [0.2, 0.25) is 0 Å². The summed E-state index contributed by atoms with van der Waals surface area (Å²) in [6.07, 6.45) is 5.26. The maximum absolute atomic E-state index is 11.5. The maximum atomic E-state index is 11.5. The second kappa shape index (κ2) is 8.74. The van der Waals surface area contributed by atoms with E-state index in [1.807, 2.05) is 0 Å². The molecule has 2 aromatic carbocycles. The number of carbonyl (C=O) groups is 1. The van der Waals surface area contributed by atoms with E-state index in [0.717, 1.165) is 37.2 Å². The average molecular weight is 396 g/mol. The quantitative estimate of drug-likeness (QED) is 0.643. The summed E-state index contributed by atoms with van der Waals surface area (Å²) in [7, 11) is 1.46. The third kappa shape index (κ3) is 4.75. The molecule has 1 heterocycles. The first-order chi connectivity index (χ1) is 14.0. The molecule has 1 saturated heterocycles. The van der Waals surface area contributed by atoms with E-state index >= 15 is 0 Å². The van der Waals surface area contributed by atoms with Gasteiger partial charge in [-0.05, 0) is 72.1 Å². The van der Waals surface area contributed by atoms with E-state index < -0.39 is 0 Å². The van der Waals surface area contributed by atoms with Crippen LogP contribution in [0.1, 0.15) is 45.1 Å². The normalized spacial score (nSPS) is 23.2. The Morgan fingerprint density at radius 1 is 1.03 bits per heavy atom.